The van der Waals surface area contributed by atoms with Gasteiger partial charge in [0.15, 0.2) is 0 Å². The molecular formula is C15H16N4O. The number of carbonyl (C=O) groups excluding carboxylic acids is 1. The van der Waals surface area contributed by atoms with Gasteiger partial charge >= 0.3 is 0 Å². The van der Waals surface area contributed by atoms with E-state index in [1.54, 1.807) is 31.5 Å². The molecule has 0 saturated heterocycles. The Morgan fingerprint density at radius 3 is 2.60 bits per heavy atom. The van der Waals surface area contributed by atoms with Gasteiger partial charge in [-0.15, -0.1) is 0 Å². The summed E-state index contributed by atoms with van der Waals surface area (Å²) in [4.78, 5) is 20.4. The van der Waals surface area contributed by atoms with Crippen molar-refractivity contribution in [3.63, 3.8) is 0 Å². The third kappa shape index (κ3) is 3.26. The number of aryl methyl sites for hydroxylation is 1. The van der Waals surface area contributed by atoms with Crippen molar-refractivity contribution in [2.75, 3.05) is 0 Å². The molecule has 0 fully saturated rings. The van der Waals surface area contributed by atoms with Crippen LogP contribution in [0.1, 0.15) is 35.6 Å². The lowest BCUT2D eigenvalue weighted by Gasteiger charge is -2.05. The average molecular weight is 268 g/mol. The van der Waals surface area contributed by atoms with Crippen LogP contribution in [0, 0.1) is 0 Å². The van der Waals surface area contributed by atoms with E-state index in [9.17, 15) is 4.79 Å². The molecule has 0 radical (unpaired) electrons. The topological polar surface area (TPSA) is 67.2 Å². The highest BCUT2D eigenvalue weighted by molar-refractivity contribution is 6.00. The molecule has 2 rings (SSSR count). The summed E-state index contributed by atoms with van der Waals surface area (Å²) in [6.45, 7) is 3.80. The smallest absolute Gasteiger partial charge is 0.267 e. The van der Waals surface area contributed by atoms with Gasteiger partial charge in [-0.25, -0.2) is 5.43 Å². The maximum atomic E-state index is 11.9. The monoisotopic (exact) mass is 268 g/mol. The number of rotatable bonds is 4. The molecule has 0 atom stereocenters. The van der Waals surface area contributed by atoms with Gasteiger partial charge in [0.05, 0.1) is 11.4 Å². The van der Waals surface area contributed by atoms with Crippen molar-refractivity contribution in [3.05, 3.63) is 59.7 Å². The number of benzene rings is 1. The number of amides is 1. The highest BCUT2D eigenvalue weighted by Crippen LogP contribution is 2.04. The molecule has 5 nitrogen and oxygen atoms in total. The van der Waals surface area contributed by atoms with Gasteiger partial charge in [0, 0.05) is 18.0 Å². The van der Waals surface area contributed by atoms with Crippen LogP contribution in [-0.2, 0) is 6.42 Å². The lowest BCUT2D eigenvalue weighted by molar-refractivity contribution is 0.0955. The molecule has 1 N–H and O–H groups in total. The summed E-state index contributed by atoms with van der Waals surface area (Å²) in [5, 5.41) is 4.09. The Balaban J connectivity index is 2.13. The van der Waals surface area contributed by atoms with Crippen LogP contribution in [0.4, 0.5) is 0 Å². The molecule has 1 heterocycles. The Hall–Kier alpha value is -2.56. The van der Waals surface area contributed by atoms with Gasteiger partial charge in [-0.1, -0.05) is 25.1 Å². The number of carbonyl (C=O) groups is 1. The largest absolute Gasteiger partial charge is 0.271 e. The fraction of sp³-hybridized carbons (Fsp3) is 0.200. The van der Waals surface area contributed by atoms with E-state index < -0.39 is 0 Å². The summed E-state index contributed by atoms with van der Waals surface area (Å²) in [7, 11) is 0. The quantitative estimate of drug-likeness (QED) is 0.682. The van der Waals surface area contributed by atoms with Crippen molar-refractivity contribution in [2.24, 2.45) is 5.10 Å². The lowest BCUT2D eigenvalue weighted by Crippen LogP contribution is -2.20. The SMILES string of the molecule is CCc1nccnc1C(C)=NNC(=O)c1ccccc1. The van der Waals surface area contributed by atoms with E-state index in [1.807, 2.05) is 25.1 Å². The van der Waals surface area contributed by atoms with E-state index in [-0.39, 0.29) is 5.91 Å². The van der Waals surface area contributed by atoms with E-state index in [0.717, 1.165) is 12.1 Å². The molecule has 5 heteroatoms. The number of aromatic nitrogens is 2. The first kappa shape index (κ1) is 13.9. The van der Waals surface area contributed by atoms with Gasteiger partial charge < -0.3 is 0 Å². The second-order valence-electron chi connectivity index (χ2n) is 4.21. The maximum absolute atomic E-state index is 11.9. The summed E-state index contributed by atoms with van der Waals surface area (Å²) in [6, 6.07) is 8.95. The summed E-state index contributed by atoms with van der Waals surface area (Å²) in [5.41, 5.74) is 5.31. The Kier molecular flexibility index (Phi) is 4.55. The van der Waals surface area contributed by atoms with Crippen molar-refractivity contribution in [1.82, 2.24) is 15.4 Å². The van der Waals surface area contributed by atoms with Crippen LogP contribution in [0.2, 0.25) is 0 Å². The zero-order valence-electron chi connectivity index (χ0n) is 11.5. The Labute approximate surface area is 117 Å². The molecule has 0 aliphatic carbocycles. The summed E-state index contributed by atoms with van der Waals surface area (Å²) in [6.07, 6.45) is 4.04. The minimum atomic E-state index is -0.244. The molecule has 0 bridgehead atoms. The van der Waals surface area contributed by atoms with Crippen molar-refractivity contribution < 1.29 is 4.79 Å². The third-order valence-corrected chi connectivity index (χ3v) is 2.81. The molecule has 0 spiro atoms. The second kappa shape index (κ2) is 6.56. The van der Waals surface area contributed by atoms with Crippen molar-refractivity contribution in [3.8, 4) is 0 Å². The van der Waals surface area contributed by atoms with Crippen molar-refractivity contribution in [1.29, 1.82) is 0 Å². The first-order valence-corrected chi connectivity index (χ1v) is 6.42. The highest BCUT2D eigenvalue weighted by atomic mass is 16.2. The van der Waals surface area contributed by atoms with Gasteiger partial charge in [-0.3, -0.25) is 14.8 Å². The minimum Gasteiger partial charge on any atom is -0.267 e. The van der Waals surface area contributed by atoms with Crippen LogP contribution in [0.3, 0.4) is 0 Å². The molecule has 0 aliphatic rings. The van der Waals surface area contributed by atoms with Gasteiger partial charge in [0.25, 0.3) is 5.91 Å². The van der Waals surface area contributed by atoms with Crippen LogP contribution in [0.25, 0.3) is 0 Å². The zero-order chi connectivity index (χ0) is 14.4. The molecule has 1 aromatic carbocycles. The molecule has 1 aromatic heterocycles. The first-order chi connectivity index (χ1) is 9.72. The van der Waals surface area contributed by atoms with Crippen molar-refractivity contribution in [2.45, 2.75) is 20.3 Å². The Bertz CT molecular complexity index is 623. The van der Waals surface area contributed by atoms with Crippen LogP contribution < -0.4 is 5.43 Å². The molecule has 102 valence electrons. The Morgan fingerprint density at radius 1 is 1.20 bits per heavy atom. The van der Waals surface area contributed by atoms with Gasteiger partial charge in [-0.05, 0) is 25.5 Å². The van der Waals surface area contributed by atoms with Gasteiger partial charge in [-0.2, -0.15) is 5.10 Å². The predicted octanol–water partition coefficient (Wildman–Crippen LogP) is 2.19. The number of hydrogen-bond donors (Lipinski definition) is 1. The number of hydrazone groups is 1. The fourth-order valence-electron chi connectivity index (χ4n) is 1.77. The molecule has 2 aromatic rings. The fourth-order valence-corrected chi connectivity index (χ4v) is 1.77. The zero-order valence-corrected chi connectivity index (χ0v) is 11.5. The predicted molar refractivity (Wildman–Crippen MR) is 77.5 cm³/mol. The van der Waals surface area contributed by atoms with E-state index in [2.05, 4.69) is 20.5 Å². The van der Waals surface area contributed by atoms with Crippen molar-refractivity contribution >= 4 is 11.6 Å². The molecule has 0 unspecified atom stereocenters. The van der Waals surface area contributed by atoms with E-state index in [4.69, 9.17) is 0 Å². The van der Waals surface area contributed by atoms with E-state index in [1.165, 1.54) is 0 Å². The summed E-state index contributed by atoms with van der Waals surface area (Å²) >= 11 is 0. The summed E-state index contributed by atoms with van der Waals surface area (Å²) < 4.78 is 0. The summed E-state index contributed by atoms with van der Waals surface area (Å²) in [5.74, 6) is -0.244. The molecule has 20 heavy (non-hydrogen) atoms. The average Bonchev–Trinajstić information content (AvgIpc) is 2.53. The second-order valence-corrected chi connectivity index (χ2v) is 4.21. The lowest BCUT2D eigenvalue weighted by atomic mass is 10.2. The van der Waals surface area contributed by atoms with Gasteiger partial charge in [0.2, 0.25) is 0 Å². The molecule has 0 aliphatic heterocycles. The molecular weight excluding hydrogens is 252 g/mol. The molecule has 0 saturated carbocycles. The first-order valence-electron chi connectivity index (χ1n) is 6.42. The Morgan fingerprint density at radius 2 is 1.90 bits per heavy atom. The van der Waals surface area contributed by atoms with Crippen LogP contribution in [-0.4, -0.2) is 21.6 Å². The van der Waals surface area contributed by atoms with E-state index >= 15 is 0 Å². The standard InChI is InChI=1S/C15H16N4O/c1-3-13-14(17-10-9-16-13)11(2)18-19-15(20)12-7-5-4-6-8-12/h4-10H,3H2,1-2H3,(H,19,20). The van der Waals surface area contributed by atoms with Crippen LogP contribution in [0.5, 0.6) is 0 Å². The van der Waals surface area contributed by atoms with E-state index in [0.29, 0.717) is 17.0 Å². The number of nitrogens with zero attached hydrogens (tertiary/aromatic N) is 3. The van der Waals surface area contributed by atoms with Crippen LogP contribution in [0.15, 0.2) is 47.8 Å². The highest BCUT2D eigenvalue weighted by Gasteiger charge is 2.08. The van der Waals surface area contributed by atoms with Crippen LogP contribution >= 0.6 is 0 Å². The number of hydrogen-bond acceptors (Lipinski definition) is 4. The maximum Gasteiger partial charge on any atom is 0.271 e. The molecule has 1 amide bonds. The third-order valence-electron chi connectivity index (χ3n) is 2.81. The normalized spacial score (nSPS) is 11.2. The minimum absolute atomic E-state index is 0.244. The number of nitrogens with one attached hydrogen (secondary N) is 1. The van der Waals surface area contributed by atoms with Gasteiger partial charge in [0.1, 0.15) is 5.69 Å².